The number of aromatic nitrogens is 1. The first-order valence-electron chi connectivity index (χ1n) is 8.15. The highest BCUT2D eigenvalue weighted by Crippen LogP contribution is 2.19. The summed E-state index contributed by atoms with van der Waals surface area (Å²) in [5.74, 6) is 0.0967. The lowest BCUT2D eigenvalue weighted by molar-refractivity contribution is 0.0467. The van der Waals surface area contributed by atoms with E-state index in [1.54, 1.807) is 43.5 Å². The average Bonchev–Trinajstić information content (AvgIpc) is 3.43. The molecule has 0 unspecified atom stereocenters. The minimum atomic E-state index is -0.462. The molecule has 25 heavy (non-hydrogen) atoms. The lowest BCUT2D eigenvalue weighted by Crippen LogP contribution is -2.25. The first-order valence-corrected chi connectivity index (χ1v) is 8.15. The average molecular weight is 340 g/mol. The number of amides is 1. The molecule has 1 heterocycles. The number of rotatable bonds is 6. The van der Waals surface area contributed by atoms with Crippen LogP contribution in [0.3, 0.4) is 0 Å². The molecule has 130 valence electrons. The second kappa shape index (κ2) is 7.34. The Morgan fingerprint density at radius 1 is 1.16 bits per heavy atom. The summed E-state index contributed by atoms with van der Waals surface area (Å²) in [5.41, 5.74) is 2.33. The number of esters is 1. The molecule has 2 aromatic rings. The van der Waals surface area contributed by atoms with Crippen LogP contribution < -0.4 is 10.1 Å². The molecule has 1 amide bonds. The van der Waals surface area contributed by atoms with Gasteiger partial charge >= 0.3 is 5.97 Å². The predicted molar refractivity (Wildman–Crippen MR) is 91.6 cm³/mol. The number of benzene rings is 1. The molecule has 1 aromatic carbocycles. The van der Waals surface area contributed by atoms with Gasteiger partial charge in [0.05, 0.1) is 18.4 Å². The second-order valence-corrected chi connectivity index (χ2v) is 6.04. The molecule has 0 aliphatic heterocycles. The maximum atomic E-state index is 12.1. The number of nitrogens with one attached hydrogen (secondary N) is 1. The summed E-state index contributed by atoms with van der Waals surface area (Å²) in [4.78, 5) is 28.4. The van der Waals surface area contributed by atoms with Crippen LogP contribution in [0.1, 0.15) is 44.9 Å². The fourth-order valence-corrected chi connectivity index (χ4v) is 2.37. The van der Waals surface area contributed by atoms with Crippen LogP contribution in [0, 0.1) is 6.92 Å². The van der Waals surface area contributed by atoms with E-state index in [4.69, 9.17) is 9.47 Å². The van der Waals surface area contributed by atoms with Crippen molar-refractivity contribution < 1.29 is 19.1 Å². The summed E-state index contributed by atoms with van der Waals surface area (Å²) in [6.07, 6.45) is 2.07. The quantitative estimate of drug-likeness (QED) is 0.818. The van der Waals surface area contributed by atoms with Crippen LogP contribution in [0.2, 0.25) is 0 Å². The maximum absolute atomic E-state index is 12.1. The number of pyridine rings is 1. The number of carbonyl (C=O) groups is 2. The standard InChI is InChI=1S/C19H20N2O4/c1-12-9-17(24-2)10-16(20-12)11-25-19(23)14-5-3-13(4-6-14)18(22)21-15-7-8-15/h3-6,9-10,15H,7-8,11H2,1-2H3,(H,21,22). The lowest BCUT2D eigenvalue weighted by Gasteiger charge is -2.08. The molecule has 1 aromatic heterocycles. The van der Waals surface area contributed by atoms with Crippen LogP contribution in [0.5, 0.6) is 5.75 Å². The van der Waals surface area contributed by atoms with E-state index in [0.717, 1.165) is 18.5 Å². The van der Waals surface area contributed by atoms with Crippen LogP contribution >= 0.6 is 0 Å². The Balaban J connectivity index is 1.59. The summed E-state index contributed by atoms with van der Waals surface area (Å²) >= 11 is 0. The fourth-order valence-electron chi connectivity index (χ4n) is 2.37. The molecule has 0 radical (unpaired) electrons. The molecule has 1 aliphatic rings. The third-order valence-corrected chi connectivity index (χ3v) is 3.86. The summed E-state index contributed by atoms with van der Waals surface area (Å²) in [6, 6.07) is 10.3. The Bertz CT molecular complexity index is 783. The topological polar surface area (TPSA) is 77.5 Å². The van der Waals surface area contributed by atoms with Gasteiger partial charge in [-0.1, -0.05) is 0 Å². The molecular formula is C19H20N2O4. The van der Waals surface area contributed by atoms with Crippen LogP contribution in [0.15, 0.2) is 36.4 Å². The summed E-state index contributed by atoms with van der Waals surface area (Å²) in [5, 5.41) is 2.91. The zero-order chi connectivity index (χ0) is 17.8. The van der Waals surface area contributed by atoms with Gasteiger partial charge in [0.25, 0.3) is 5.91 Å². The van der Waals surface area contributed by atoms with E-state index in [9.17, 15) is 9.59 Å². The van der Waals surface area contributed by atoms with Crippen molar-refractivity contribution in [2.45, 2.75) is 32.4 Å². The van der Waals surface area contributed by atoms with Gasteiger partial charge in [-0.2, -0.15) is 0 Å². The zero-order valence-electron chi connectivity index (χ0n) is 14.2. The van der Waals surface area contributed by atoms with Crippen LogP contribution in [-0.2, 0) is 11.3 Å². The first-order chi connectivity index (χ1) is 12.0. The Morgan fingerprint density at radius 3 is 2.48 bits per heavy atom. The van der Waals surface area contributed by atoms with Gasteiger partial charge in [-0.25, -0.2) is 4.79 Å². The summed E-state index contributed by atoms with van der Waals surface area (Å²) < 4.78 is 10.5. The van der Waals surface area contributed by atoms with Crippen molar-refractivity contribution in [2.24, 2.45) is 0 Å². The number of nitrogens with zero attached hydrogens (tertiary/aromatic N) is 1. The molecule has 1 N–H and O–H groups in total. The van der Waals surface area contributed by atoms with Crippen molar-refractivity contribution in [1.29, 1.82) is 0 Å². The van der Waals surface area contributed by atoms with Crippen LogP contribution in [0.25, 0.3) is 0 Å². The predicted octanol–water partition coefficient (Wildman–Crippen LogP) is 2.65. The fraction of sp³-hybridized carbons (Fsp3) is 0.316. The maximum Gasteiger partial charge on any atom is 0.338 e. The molecular weight excluding hydrogens is 320 g/mol. The Labute approximate surface area is 146 Å². The van der Waals surface area contributed by atoms with E-state index in [1.807, 2.05) is 6.92 Å². The highest BCUT2D eigenvalue weighted by molar-refractivity contribution is 5.96. The van der Waals surface area contributed by atoms with Gasteiger partial charge < -0.3 is 14.8 Å². The molecule has 0 bridgehead atoms. The number of hydrogen-bond acceptors (Lipinski definition) is 5. The Kier molecular flexibility index (Phi) is 4.97. The number of hydrogen-bond donors (Lipinski definition) is 1. The normalized spacial score (nSPS) is 13.2. The minimum Gasteiger partial charge on any atom is -0.497 e. The summed E-state index contributed by atoms with van der Waals surface area (Å²) in [7, 11) is 1.57. The van der Waals surface area contributed by atoms with E-state index in [-0.39, 0.29) is 12.5 Å². The number of carbonyl (C=O) groups excluding carboxylic acids is 2. The van der Waals surface area contributed by atoms with Crippen molar-refractivity contribution in [3.63, 3.8) is 0 Å². The van der Waals surface area contributed by atoms with Gasteiger partial charge in [-0.05, 0) is 44.0 Å². The van der Waals surface area contributed by atoms with Gasteiger partial charge in [-0.3, -0.25) is 9.78 Å². The van der Waals surface area contributed by atoms with E-state index in [0.29, 0.717) is 28.6 Å². The van der Waals surface area contributed by atoms with Crippen LogP contribution in [0.4, 0.5) is 0 Å². The van der Waals surface area contributed by atoms with Gasteiger partial charge in [-0.15, -0.1) is 0 Å². The summed E-state index contributed by atoms with van der Waals surface area (Å²) in [6.45, 7) is 1.90. The number of aryl methyl sites for hydroxylation is 1. The van der Waals surface area contributed by atoms with E-state index in [1.165, 1.54) is 0 Å². The van der Waals surface area contributed by atoms with Gasteiger partial charge in [0.15, 0.2) is 0 Å². The Hall–Kier alpha value is -2.89. The molecule has 0 spiro atoms. The van der Waals surface area contributed by atoms with Crippen LogP contribution in [-0.4, -0.2) is 30.0 Å². The highest BCUT2D eigenvalue weighted by atomic mass is 16.5. The van der Waals surface area contributed by atoms with Crippen molar-refractivity contribution >= 4 is 11.9 Å². The SMILES string of the molecule is COc1cc(C)nc(COC(=O)c2ccc(C(=O)NC3CC3)cc2)c1. The number of ether oxygens (including phenoxy) is 2. The van der Waals surface area contributed by atoms with Crippen molar-refractivity contribution in [1.82, 2.24) is 10.3 Å². The molecule has 0 atom stereocenters. The zero-order valence-corrected chi connectivity index (χ0v) is 14.2. The van der Waals surface area contributed by atoms with Crippen molar-refractivity contribution in [2.75, 3.05) is 7.11 Å². The van der Waals surface area contributed by atoms with Gasteiger partial charge in [0.1, 0.15) is 12.4 Å². The third kappa shape index (κ3) is 4.56. The molecule has 1 fully saturated rings. The Morgan fingerprint density at radius 2 is 1.84 bits per heavy atom. The molecule has 1 aliphatic carbocycles. The molecule has 3 rings (SSSR count). The number of methoxy groups -OCH3 is 1. The molecule has 6 nitrogen and oxygen atoms in total. The molecule has 1 saturated carbocycles. The van der Waals surface area contributed by atoms with Gasteiger partial charge in [0, 0.05) is 29.4 Å². The largest absolute Gasteiger partial charge is 0.497 e. The van der Waals surface area contributed by atoms with Crippen molar-refractivity contribution in [3.05, 3.63) is 58.9 Å². The lowest BCUT2D eigenvalue weighted by atomic mass is 10.1. The minimum absolute atomic E-state index is 0.0563. The van der Waals surface area contributed by atoms with E-state index in [2.05, 4.69) is 10.3 Å². The van der Waals surface area contributed by atoms with Gasteiger partial charge in [0.2, 0.25) is 0 Å². The second-order valence-electron chi connectivity index (χ2n) is 6.04. The first kappa shape index (κ1) is 17.0. The third-order valence-electron chi connectivity index (χ3n) is 3.86. The highest BCUT2D eigenvalue weighted by Gasteiger charge is 2.23. The van der Waals surface area contributed by atoms with E-state index >= 15 is 0 Å². The monoisotopic (exact) mass is 340 g/mol. The molecule has 0 saturated heterocycles. The van der Waals surface area contributed by atoms with E-state index < -0.39 is 5.97 Å². The van der Waals surface area contributed by atoms with Crippen molar-refractivity contribution in [3.8, 4) is 5.75 Å². The smallest absolute Gasteiger partial charge is 0.338 e. The molecule has 6 heteroatoms.